The first-order valence-corrected chi connectivity index (χ1v) is 7.52. The first kappa shape index (κ1) is 17.4. The molecule has 3 rings (SSSR count). The van der Waals surface area contributed by atoms with Crippen molar-refractivity contribution in [3.63, 3.8) is 0 Å². The number of hydrogen-bond donors (Lipinski definition) is 1. The van der Waals surface area contributed by atoms with Crippen molar-refractivity contribution in [2.75, 3.05) is 13.3 Å². The molecule has 0 fully saturated rings. The van der Waals surface area contributed by atoms with Crippen LogP contribution in [0.15, 0.2) is 34.9 Å². The Kier molecular flexibility index (Phi) is 5.13. The van der Waals surface area contributed by atoms with Crippen molar-refractivity contribution in [3.05, 3.63) is 57.5 Å². The molecule has 0 radical (unpaired) electrons. The molecule has 136 valence electrons. The van der Waals surface area contributed by atoms with Gasteiger partial charge in [0.25, 0.3) is 11.6 Å². The summed E-state index contributed by atoms with van der Waals surface area (Å²) in [5.41, 5.74) is 0.695. The van der Waals surface area contributed by atoms with Crippen LogP contribution in [0.5, 0.6) is 5.75 Å². The molecule has 2 aromatic rings. The fraction of sp³-hybridized carbons (Fsp3) is 0.250. The number of carbonyl (C=O) groups is 2. The van der Waals surface area contributed by atoms with E-state index in [1.807, 2.05) is 0 Å². The van der Waals surface area contributed by atoms with Gasteiger partial charge >= 0.3 is 5.97 Å². The number of amides is 1. The number of nitro benzene ring substituents is 1. The molecule has 1 aliphatic heterocycles. The van der Waals surface area contributed by atoms with E-state index in [9.17, 15) is 19.7 Å². The van der Waals surface area contributed by atoms with Gasteiger partial charge in [0.05, 0.1) is 17.8 Å². The minimum absolute atomic E-state index is 0.00492. The lowest BCUT2D eigenvalue weighted by Gasteiger charge is -2.20. The second-order valence-electron chi connectivity index (χ2n) is 5.28. The van der Waals surface area contributed by atoms with Gasteiger partial charge in [-0.05, 0) is 12.1 Å². The summed E-state index contributed by atoms with van der Waals surface area (Å²) in [7, 11) is 0. The molecule has 1 aliphatic rings. The normalized spacial score (nSPS) is 12.6. The van der Waals surface area contributed by atoms with Gasteiger partial charge in [0, 0.05) is 23.3 Å². The quantitative estimate of drug-likeness (QED) is 0.465. The third-order valence-corrected chi connectivity index (χ3v) is 3.51. The number of non-ortho nitro benzene ring substituents is 1. The minimum atomic E-state index is -0.711. The Morgan fingerprint density at radius 2 is 2.19 bits per heavy atom. The van der Waals surface area contributed by atoms with E-state index in [1.165, 1.54) is 24.5 Å². The number of hydrogen-bond acceptors (Lipinski definition) is 8. The molecule has 0 saturated carbocycles. The van der Waals surface area contributed by atoms with Crippen molar-refractivity contribution >= 4 is 17.6 Å². The van der Waals surface area contributed by atoms with Gasteiger partial charge in [-0.3, -0.25) is 19.7 Å². The smallest absolute Gasteiger partial charge is 0.325 e. The molecule has 2 heterocycles. The Hall–Kier alpha value is -3.40. The first-order valence-electron chi connectivity index (χ1n) is 7.52. The predicted molar refractivity (Wildman–Crippen MR) is 84.2 cm³/mol. The van der Waals surface area contributed by atoms with Crippen LogP contribution in [-0.4, -0.2) is 30.1 Å². The van der Waals surface area contributed by atoms with Crippen LogP contribution < -0.4 is 10.1 Å². The van der Waals surface area contributed by atoms with E-state index in [1.54, 1.807) is 6.07 Å². The molecule has 1 aromatic carbocycles. The van der Waals surface area contributed by atoms with Gasteiger partial charge in [-0.15, -0.1) is 0 Å². The summed E-state index contributed by atoms with van der Waals surface area (Å²) in [4.78, 5) is 34.0. The number of esters is 1. The van der Waals surface area contributed by atoms with Gasteiger partial charge in [0.15, 0.2) is 12.6 Å². The zero-order chi connectivity index (χ0) is 18.5. The predicted octanol–water partition coefficient (Wildman–Crippen LogP) is 1.53. The van der Waals surface area contributed by atoms with Gasteiger partial charge < -0.3 is 23.9 Å². The average molecular weight is 362 g/mol. The van der Waals surface area contributed by atoms with Gasteiger partial charge in [0.2, 0.25) is 0 Å². The summed E-state index contributed by atoms with van der Waals surface area (Å²) in [6, 6.07) is 5.63. The Bertz CT molecular complexity index is 831. The van der Waals surface area contributed by atoms with E-state index in [0.29, 0.717) is 16.9 Å². The highest BCUT2D eigenvalue weighted by atomic mass is 16.7. The number of fused-ring (bicyclic) bond motifs is 1. The Morgan fingerprint density at radius 3 is 2.92 bits per heavy atom. The Balaban J connectivity index is 1.61. The van der Waals surface area contributed by atoms with Crippen LogP contribution in [0.4, 0.5) is 5.69 Å². The molecule has 10 nitrogen and oxygen atoms in total. The molecule has 0 spiro atoms. The highest BCUT2D eigenvalue weighted by molar-refractivity contribution is 5.93. The van der Waals surface area contributed by atoms with Crippen LogP contribution in [0.25, 0.3) is 0 Å². The van der Waals surface area contributed by atoms with Crippen LogP contribution in [0.3, 0.4) is 0 Å². The SMILES string of the molecule is O=C(CNC(=O)c1ccco1)OCc1cc([N+](=O)[O-])cc2c1OCOC2. The summed E-state index contributed by atoms with van der Waals surface area (Å²) < 4.78 is 20.4. The van der Waals surface area contributed by atoms with Crippen LogP contribution >= 0.6 is 0 Å². The molecular weight excluding hydrogens is 348 g/mol. The van der Waals surface area contributed by atoms with Crippen LogP contribution in [0.2, 0.25) is 0 Å². The van der Waals surface area contributed by atoms with E-state index in [-0.39, 0.29) is 38.0 Å². The number of nitrogens with one attached hydrogen (secondary N) is 1. The van der Waals surface area contributed by atoms with Crippen molar-refractivity contribution in [1.82, 2.24) is 5.32 Å². The summed E-state index contributed by atoms with van der Waals surface area (Å²) in [6.07, 6.45) is 1.34. The van der Waals surface area contributed by atoms with Gasteiger partial charge in [0.1, 0.15) is 18.9 Å². The zero-order valence-electron chi connectivity index (χ0n) is 13.4. The lowest BCUT2D eigenvalue weighted by atomic mass is 10.1. The summed E-state index contributed by atoms with van der Waals surface area (Å²) >= 11 is 0. The third kappa shape index (κ3) is 3.98. The fourth-order valence-electron chi connectivity index (χ4n) is 2.35. The number of rotatable bonds is 6. The lowest BCUT2D eigenvalue weighted by Crippen LogP contribution is -2.30. The van der Waals surface area contributed by atoms with Crippen molar-refractivity contribution in [2.45, 2.75) is 13.2 Å². The molecule has 0 unspecified atom stereocenters. The summed E-state index contributed by atoms with van der Waals surface area (Å²) in [6.45, 7) is -0.442. The maximum atomic E-state index is 11.8. The van der Waals surface area contributed by atoms with Crippen LogP contribution in [0.1, 0.15) is 21.7 Å². The largest absolute Gasteiger partial charge is 0.467 e. The number of nitro groups is 1. The lowest BCUT2D eigenvalue weighted by molar-refractivity contribution is -0.385. The van der Waals surface area contributed by atoms with Crippen LogP contribution in [-0.2, 0) is 27.5 Å². The summed E-state index contributed by atoms with van der Waals surface area (Å²) in [5, 5.41) is 13.4. The topological polar surface area (TPSA) is 130 Å². The second kappa shape index (κ2) is 7.66. The van der Waals surface area contributed by atoms with Gasteiger partial charge in [-0.2, -0.15) is 0 Å². The maximum Gasteiger partial charge on any atom is 0.325 e. The molecule has 0 aliphatic carbocycles. The molecule has 0 atom stereocenters. The number of benzene rings is 1. The molecule has 1 aromatic heterocycles. The summed E-state index contributed by atoms with van der Waals surface area (Å²) in [5.74, 6) is -0.800. The molecule has 0 bridgehead atoms. The van der Waals surface area contributed by atoms with E-state index >= 15 is 0 Å². The average Bonchev–Trinajstić information content (AvgIpc) is 3.18. The van der Waals surface area contributed by atoms with E-state index < -0.39 is 16.8 Å². The van der Waals surface area contributed by atoms with Crippen molar-refractivity contribution < 1.29 is 33.1 Å². The molecule has 26 heavy (non-hydrogen) atoms. The van der Waals surface area contributed by atoms with E-state index in [0.717, 1.165) is 0 Å². The number of furan rings is 1. The van der Waals surface area contributed by atoms with Gasteiger partial charge in [-0.25, -0.2) is 0 Å². The number of ether oxygens (including phenoxy) is 3. The maximum absolute atomic E-state index is 11.8. The monoisotopic (exact) mass is 362 g/mol. The Labute approximate surface area is 146 Å². The first-order chi connectivity index (χ1) is 12.5. The highest BCUT2D eigenvalue weighted by Gasteiger charge is 2.22. The molecule has 0 saturated heterocycles. The minimum Gasteiger partial charge on any atom is -0.467 e. The van der Waals surface area contributed by atoms with E-state index in [2.05, 4.69) is 5.32 Å². The third-order valence-electron chi connectivity index (χ3n) is 3.51. The molecule has 10 heteroatoms. The number of carbonyl (C=O) groups excluding carboxylic acids is 2. The standard InChI is InChI=1S/C16H14N2O8/c19-14(6-17-16(20)13-2-1-3-24-13)25-8-11-5-12(18(21)22)4-10-7-23-9-26-15(10)11/h1-5H,6-9H2,(H,17,20). The molecule has 1 N–H and O–H groups in total. The second-order valence-corrected chi connectivity index (χ2v) is 5.28. The fourth-order valence-corrected chi connectivity index (χ4v) is 2.35. The van der Waals surface area contributed by atoms with Crippen molar-refractivity contribution in [3.8, 4) is 5.75 Å². The van der Waals surface area contributed by atoms with Gasteiger partial charge in [-0.1, -0.05) is 0 Å². The highest BCUT2D eigenvalue weighted by Crippen LogP contribution is 2.33. The molecular formula is C16H14N2O8. The molecule has 1 amide bonds. The van der Waals surface area contributed by atoms with Crippen LogP contribution in [0, 0.1) is 10.1 Å². The zero-order valence-corrected chi connectivity index (χ0v) is 13.4. The van der Waals surface area contributed by atoms with E-state index in [4.69, 9.17) is 18.6 Å². The van der Waals surface area contributed by atoms with Crippen molar-refractivity contribution in [1.29, 1.82) is 0 Å². The van der Waals surface area contributed by atoms with Crippen molar-refractivity contribution in [2.24, 2.45) is 0 Å². The number of nitrogens with zero attached hydrogens (tertiary/aromatic N) is 1. The Morgan fingerprint density at radius 1 is 1.35 bits per heavy atom.